The first kappa shape index (κ1) is 21.3. The van der Waals surface area contributed by atoms with E-state index in [1.165, 1.54) is 32.2 Å². The lowest BCUT2D eigenvalue weighted by Gasteiger charge is -2.38. The number of piperidine rings is 1. The molecule has 0 spiro atoms. The molecule has 1 aromatic carbocycles. The van der Waals surface area contributed by atoms with Crippen LogP contribution in [0, 0.1) is 25.7 Å². The third kappa shape index (κ3) is 5.82. The Kier molecular flexibility index (Phi) is 6.74. The van der Waals surface area contributed by atoms with Gasteiger partial charge in [-0.15, -0.1) is 0 Å². The Morgan fingerprint density at radius 1 is 1.03 bits per heavy atom. The molecule has 3 fully saturated rings. The van der Waals surface area contributed by atoms with Gasteiger partial charge in [0.05, 0.1) is 6.10 Å². The number of rotatable bonds is 7. The molecule has 2 saturated heterocycles. The van der Waals surface area contributed by atoms with Crippen molar-refractivity contribution in [3.63, 3.8) is 0 Å². The molecule has 2 amide bonds. The fraction of sp³-hybridized carbons (Fsp3) is 0.667. The minimum absolute atomic E-state index is 0.0762. The van der Waals surface area contributed by atoms with Crippen LogP contribution in [-0.2, 0) is 9.53 Å². The second-order valence-corrected chi connectivity index (χ2v) is 9.51. The molecule has 164 valence electrons. The number of hydrogen-bond acceptors (Lipinski definition) is 4. The number of likely N-dealkylation sites (tertiary alicyclic amines) is 1. The summed E-state index contributed by atoms with van der Waals surface area (Å²) in [6, 6.07) is 5.85. The van der Waals surface area contributed by atoms with E-state index in [4.69, 9.17) is 4.74 Å². The molecule has 30 heavy (non-hydrogen) atoms. The topological polar surface area (TPSA) is 61.9 Å². The number of benzene rings is 1. The van der Waals surface area contributed by atoms with Crippen molar-refractivity contribution < 1.29 is 14.3 Å². The van der Waals surface area contributed by atoms with Gasteiger partial charge in [-0.2, -0.15) is 0 Å². The Bertz CT molecular complexity index is 749. The molecule has 1 aromatic rings. The molecule has 6 nitrogen and oxygen atoms in total. The van der Waals surface area contributed by atoms with Crippen LogP contribution >= 0.6 is 0 Å². The summed E-state index contributed by atoms with van der Waals surface area (Å²) >= 11 is 0. The van der Waals surface area contributed by atoms with Crippen LogP contribution in [0.3, 0.4) is 0 Å². The zero-order valence-corrected chi connectivity index (χ0v) is 18.4. The third-order valence-corrected chi connectivity index (χ3v) is 6.59. The van der Waals surface area contributed by atoms with Crippen LogP contribution in [0.5, 0.6) is 0 Å². The molecule has 1 aliphatic carbocycles. The SMILES string of the molecule is Cc1cc(C)cc(C(=O)NC[C@@H]2CN(CC3CCN(CC4CC4)CC3)C(=O)CO2)c1. The number of carbonyl (C=O) groups is 2. The summed E-state index contributed by atoms with van der Waals surface area (Å²) in [5.41, 5.74) is 2.83. The van der Waals surface area contributed by atoms with Gasteiger partial charge < -0.3 is 19.9 Å². The van der Waals surface area contributed by atoms with Crippen LogP contribution in [0.1, 0.15) is 47.2 Å². The number of carbonyl (C=O) groups excluding carboxylic acids is 2. The molecule has 1 N–H and O–H groups in total. The summed E-state index contributed by atoms with van der Waals surface area (Å²) in [4.78, 5) is 29.4. The van der Waals surface area contributed by atoms with Crippen LogP contribution in [-0.4, -0.2) is 73.6 Å². The van der Waals surface area contributed by atoms with Gasteiger partial charge in [-0.1, -0.05) is 17.2 Å². The van der Waals surface area contributed by atoms with Crippen molar-refractivity contribution in [2.24, 2.45) is 11.8 Å². The average molecular weight is 414 g/mol. The van der Waals surface area contributed by atoms with Gasteiger partial charge in [0.1, 0.15) is 6.61 Å². The van der Waals surface area contributed by atoms with E-state index in [0.717, 1.165) is 36.7 Å². The van der Waals surface area contributed by atoms with Crippen LogP contribution < -0.4 is 5.32 Å². The normalized spacial score (nSPS) is 23.6. The highest BCUT2D eigenvalue weighted by Crippen LogP contribution is 2.31. The fourth-order valence-corrected chi connectivity index (χ4v) is 4.72. The maximum atomic E-state index is 12.5. The van der Waals surface area contributed by atoms with Gasteiger partial charge in [0.25, 0.3) is 5.91 Å². The standard InChI is InChI=1S/C24H35N3O3/c1-17-9-18(2)11-21(10-17)24(29)25-12-22-15-27(23(28)16-30-22)14-20-5-7-26(8-6-20)13-19-3-4-19/h9-11,19-20,22H,3-8,12-16H2,1-2H3,(H,25,29)/t22-/m1/s1. The first-order chi connectivity index (χ1) is 14.5. The minimum Gasteiger partial charge on any atom is -0.365 e. The van der Waals surface area contributed by atoms with Gasteiger partial charge in [-0.25, -0.2) is 0 Å². The van der Waals surface area contributed by atoms with Crippen LogP contribution in [0.25, 0.3) is 0 Å². The number of nitrogens with zero attached hydrogens (tertiary/aromatic N) is 2. The maximum absolute atomic E-state index is 12.5. The molecule has 0 radical (unpaired) electrons. The smallest absolute Gasteiger partial charge is 0.251 e. The third-order valence-electron chi connectivity index (χ3n) is 6.59. The number of hydrogen-bond donors (Lipinski definition) is 1. The van der Waals surface area contributed by atoms with E-state index in [0.29, 0.717) is 24.6 Å². The minimum atomic E-state index is -0.146. The maximum Gasteiger partial charge on any atom is 0.251 e. The van der Waals surface area contributed by atoms with E-state index in [9.17, 15) is 9.59 Å². The average Bonchev–Trinajstić information content (AvgIpc) is 3.53. The predicted molar refractivity (Wildman–Crippen MR) is 116 cm³/mol. The summed E-state index contributed by atoms with van der Waals surface area (Å²) in [5.74, 6) is 1.51. The molecular formula is C24H35N3O3. The first-order valence-corrected chi connectivity index (χ1v) is 11.4. The van der Waals surface area contributed by atoms with Crippen LogP contribution in [0.15, 0.2) is 18.2 Å². The van der Waals surface area contributed by atoms with E-state index < -0.39 is 0 Å². The van der Waals surface area contributed by atoms with Gasteiger partial charge in [-0.3, -0.25) is 9.59 Å². The van der Waals surface area contributed by atoms with Crippen LogP contribution in [0.2, 0.25) is 0 Å². The Hall–Kier alpha value is -1.92. The molecule has 1 saturated carbocycles. The van der Waals surface area contributed by atoms with E-state index in [-0.39, 0.29) is 24.5 Å². The fourth-order valence-electron chi connectivity index (χ4n) is 4.72. The number of aryl methyl sites for hydroxylation is 2. The first-order valence-electron chi connectivity index (χ1n) is 11.4. The van der Waals surface area contributed by atoms with E-state index in [1.54, 1.807) is 0 Å². The second kappa shape index (κ2) is 9.48. The van der Waals surface area contributed by atoms with Gasteiger partial charge >= 0.3 is 0 Å². The van der Waals surface area contributed by atoms with Crippen molar-refractivity contribution >= 4 is 11.8 Å². The lowest BCUT2D eigenvalue weighted by molar-refractivity contribution is -0.149. The highest BCUT2D eigenvalue weighted by Gasteiger charge is 2.31. The number of ether oxygens (including phenoxy) is 1. The van der Waals surface area contributed by atoms with Gasteiger partial charge in [0, 0.05) is 31.7 Å². The lowest BCUT2D eigenvalue weighted by Crippen LogP contribution is -2.52. The van der Waals surface area contributed by atoms with Crippen molar-refractivity contribution in [1.82, 2.24) is 15.1 Å². The zero-order chi connectivity index (χ0) is 21.1. The van der Waals surface area contributed by atoms with Crippen molar-refractivity contribution in [3.05, 3.63) is 34.9 Å². The molecule has 0 aromatic heterocycles. The summed E-state index contributed by atoms with van der Waals surface area (Å²) < 4.78 is 5.70. The van der Waals surface area contributed by atoms with Crippen molar-refractivity contribution in [2.45, 2.75) is 45.6 Å². The predicted octanol–water partition coefficient (Wildman–Crippen LogP) is 2.38. The van der Waals surface area contributed by atoms with E-state index in [1.807, 2.05) is 30.9 Å². The Morgan fingerprint density at radius 2 is 1.70 bits per heavy atom. The Balaban J connectivity index is 1.23. The summed E-state index contributed by atoms with van der Waals surface area (Å²) in [7, 11) is 0. The summed E-state index contributed by atoms with van der Waals surface area (Å²) in [5, 5.41) is 2.98. The highest BCUT2D eigenvalue weighted by atomic mass is 16.5. The summed E-state index contributed by atoms with van der Waals surface area (Å²) in [6.45, 7) is 9.51. The quantitative estimate of drug-likeness (QED) is 0.746. The largest absolute Gasteiger partial charge is 0.365 e. The summed E-state index contributed by atoms with van der Waals surface area (Å²) in [6.07, 6.45) is 5.01. The van der Waals surface area contributed by atoms with Crippen molar-refractivity contribution in [1.29, 1.82) is 0 Å². The molecule has 2 aliphatic heterocycles. The Labute approximate surface area is 179 Å². The van der Waals surface area contributed by atoms with Gasteiger partial charge in [-0.05, 0) is 76.6 Å². The monoisotopic (exact) mass is 413 g/mol. The van der Waals surface area contributed by atoms with Gasteiger partial charge in [0.15, 0.2) is 0 Å². The second-order valence-electron chi connectivity index (χ2n) is 9.51. The molecule has 6 heteroatoms. The van der Waals surface area contributed by atoms with Crippen molar-refractivity contribution in [3.8, 4) is 0 Å². The molecule has 2 heterocycles. The zero-order valence-electron chi connectivity index (χ0n) is 18.4. The van der Waals surface area contributed by atoms with E-state index in [2.05, 4.69) is 16.3 Å². The molecule has 0 unspecified atom stereocenters. The molecular weight excluding hydrogens is 378 g/mol. The number of nitrogens with one attached hydrogen (secondary N) is 1. The van der Waals surface area contributed by atoms with E-state index >= 15 is 0 Å². The molecule has 4 rings (SSSR count). The van der Waals surface area contributed by atoms with Crippen molar-refractivity contribution in [2.75, 3.05) is 45.9 Å². The molecule has 3 aliphatic rings. The molecule has 0 bridgehead atoms. The number of morpholine rings is 1. The molecule has 1 atom stereocenters. The lowest BCUT2D eigenvalue weighted by atomic mass is 9.95. The van der Waals surface area contributed by atoms with Crippen LogP contribution in [0.4, 0.5) is 0 Å². The Morgan fingerprint density at radius 3 is 2.37 bits per heavy atom. The highest BCUT2D eigenvalue weighted by molar-refractivity contribution is 5.94. The number of amides is 2. The van der Waals surface area contributed by atoms with Gasteiger partial charge in [0.2, 0.25) is 5.91 Å².